The summed E-state index contributed by atoms with van der Waals surface area (Å²) >= 11 is 0. The number of aromatic nitrogens is 1. The fourth-order valence-corrected chi connectivity index (χ4v) is 2.47. The SMILES string of the molecule is COC(=O)c1cc(C(O)C(O)CNC(=O)OC(C)(C)C)cc2[nH]ccc12. The molecule has 142 valence electrons. The third-order valence-electron chi connectivity index (χ3n) is 3.66. The number of H-pyrrole nitrogens is 1. The van der Waals surface area contributed by atoms with Crippen LogP contribution < -0.4 is 5.32 Å². The second-order valence-electron chi connectivity index (χ2n) is 6.89. The molecule has 2 unspecified atom stereocenters. The number of hydrogen-bond acceptors (Lipinski definition) is 6. The maximum Gasteiger partial charge on any atom is 0.407 e. The average Bonchev–Trinajstić information content (AvgIpc) is 3.04. The number of hydrogen-bond donors (Lipinski definition) is 4. The van der Waals surface area contributed by atoms with Crippen LogP contribution in [0, 0.1) is 0 Å². The molecule has 0 spiro atoms. The van der Waals surface area contributed by atoms with Gasteiger partial charge in [0.15, 0.2) is 0 Å². The van der Waals surface area contributed by atoms with Crippen LogP contribution in [0.5, 0.6) is 0 Å². The van der Waals surface area contributed by atoms with Crippen molar-refractivity contribution in [2.24, 2.45) is 0 Å². The Morgan fingerprint density at radius 2 is 1.96 bits per heavy atom. The summed E-state index contributed by atoms with van der Waals surface area (Å²) in [5.41, 5.74) is 0.544. The van der Waals surface area contributed by atoms with Crippen LogP contribution in [-0.2, 0) is 9.47 Å². The molecule has 0 aliphatic carbocycles. The maximum absolute atomic E-state index is 12.0. The Kier molecular flexibility index (Phi) is 5.89. The molecular formula is C18H24N2O6. The van der Waals surface area contributed by atoms with Crippen LogP contribution in [0.15, 0.2) is 24.4 Å². The Hall–Kier alpha value is -2.58. The molecule has 1 amide bonds. The molecule has 0 saturated heterocycles. The number of aliphatic hydroxyl groups excluding tert-OH is 2. The zero-order valence-electron chi connectivity index (χ0n) is 15.2. The van der Waals surface area contributed by atoms with E-state index < -0.39 is 29.9 Å². The van der Waals surface area contributed by atoms with Crippen LogP contribution >= 0.6 is 0 Å². The van der Waals surface area contributed by atoms with Crippen molar-refractivity contribution in [3.8, 4) is 0 Å². The highest BCUT2D eigenvalue weighted by Crippen LogP contribution is 2.26. The number of aliphatic hydroxyl groups is 2. The summed E-state index contributed by atoms with van der Waals surface area (Å²) in [6.45, 7) is 4.94. The molecule has 0 bridgehead atoms. The second-order valence-corrected chi connectivity index (χ2v) is 6.89. The van der Waals surface area contributed by atoms with Gasteiger partial charge in [0.25, 0.3) is 0 Å². The van der Waals surface area contributed by atoms with Crippen molar-refractivity contribution >= 4 is 23.0 Å². The van der Waals surface area contributed by atoms with Crippen molar-refractivity contribution < 1.29 is 29.3 Å². The van der Waals surface area contributed by atoms with Crippen molar-refractivity contribution in [1.82, 2.24) is 10.3 Å². The Bertz CT molecular complexity index is 793. The van der Waals surface area contributed by atoms with E-state index in [1.165, 1.54) is 13.2 Å². The minimum Gasteiger partial charge on any atom is -0.465 e. The molecule has 1 aromatic heterocycles. The van der Waals surface area contributed by atoms with Gasteiger partial charge in [-0.25, -0.2) is 9.59 Å². The van der Waals surface area contributed by atoms with Crippen molar-refractivity contribution in [1.29, 1.82) is 0 Å². The quantitative estimate of drug-likeness (QED) is 0.601. The molecule has 2 aromatic rings. The van der Waals surface area contributed by atoms with Gasteiger partial charge < -0.3 is 30.0 Å². The molecule has 2 atom stereocenters. The van der Waals surface area contributed by atoms with E-state index in [1.54, 1.807) is 39.1 Å². The number of ether oxygens (including phenoxy) is 2. The van der Waals surface area contributed by atoms with Gasteiger partial charge in [0.05, 0.1) is 12.7 Å². The number of alkyl carbamates (subject to hydrolysis) is 1. The number of benzene rings is 1. The normalized spacial score (nSPS) is 13.9. The second kappa shape index (κ2) is 7.76. The van der Waals surface area contributed by atoms with Crippen LogP contribution in [0.2, 0.25) is 0 Å². The largest absolute Gasteiger partial charge is 0.465 e. The molecule has 0 fully saturated rings. The minimum absolute atomic E-state index is 0.216. The van der Waals surface area contributed by atoms with Crippen molar-refractivity contribution in [3.63, 3.8) is 0 Å². The number of rotatable bonds is 5. The van der Waals surface area contributed by atoms with Crippen LogP contribution in [0.25, 0.3) is 10.9 Å². The third kappa shape index (κ3) is 4.74. The Morgan fingerprint density at radius 3 is 2.58 bits per heavy atom. The molecule has 0 aliphatic rings. The van der Waals surface area contributed by atoms with E-state index in [2.05, 4.69) is 10.3 Å². The molecule has 8 heteroatoms. The third-order valence-corrected chi connectivity index (χ3v) is 3.66. The molecule has 0 aliphatic heterocycles. The van der Waals surface area contributed by atoms with Crippen molar-refractivity contribution in [3.05, 3.63) is 35.5 Å². The van der Waals surface area contributed by atoms with E-state index in [0.717, 1.165) is 0 Å². The van der Waals surface area contributed by atoms with E-state index in [1.807, 2.05) is 0 Å². The van der Waals surface area contributed by atoms with Gasteiger partial charge in [-0.2, -0.15) is 0 Å². The number of methoxy groups -OCH3 is 1. The van der Waals surface area contributed by atoms with Gasteiger partial charge in [0.2, 0.25) is 0 Å². The summed E-state index contributed by atoms with van der Waals surface area (Å²) in [5, 5.41) is 23.6. The summed E-state index contributed by atoms with van der Waals surface area (Å²) in [6, 6.07) is 4.81. The highest BCUT2D eigenvalue weighted by Gasteiger charge is 2.24. The van der Waals surface area contributed by atoms with Gasteiger partial charge in [0.1, 0.15) is 17.8 Å². The minimum atomic E-state index is -1.32. The first kappa shape index (κ1) is 19.7. The zero-order valence-corrected chi connectivity index (χ0v) is 15.2. The fraction of sp³-hybridized carbons (Fsp3) is 0.444. The number of carbonyl (C=O) groups excluding carboxylic acids is 2. The molecule has 4 N–H and O–H groups in total. The molecule has 1 aromatic carbocycles. The molecule has 8 nitrogen and oxygen atoms in total. The van der Waals surface area contributed by atoms with Gasteiger partial charge in [-0.1, -0.05) is 0 Å². The number of carbonyl (C=O) groups is 2. The fourth-order valence-electron chi connectivity index (χ4n) is 2.47. The average molecular weight is 364 g/mol. The van der Waals surface area contributed by atoms with Crippen LogP contribution in [0.4, 0.5) is 4.79 Å². The van der Waals surface area contributed by atoms with Crippen molar-refractivity contribution in [2.45, 2.75) is 38.6 Å². The first-order valence-corrected chi connectivity index (χ1v) is 8.14. The van der Waals surface area contributed by atoms with Gasteiger partial charge in [-0.15, -0.1) is 0 Å². The first-order valence-electron chi connectivity index (χ1n) is 8.14. The smallest absolute Gasteiger partial charge is 0.407 e. The monoisotopic (exact) mass is 364 g/mol. The van der Waals surface area contributed by atoms with Crippen LogP contribution in [-0.4, -0.2) is 52.6 Å². The molecule has 1 heterocycles. The highest BCUT2D eigenvalue weighted by atomic mass is 16.6. The van der Waals surface area contributed by atoms with E-state index in [4.69, 9.17) is 9.47 Å². The summed E-state index contributed by atoms with van der Waals surface area (Å²) in [5.74, 6) is -0.551. The summed E-state index contributed by atoms with van der Waals surface area (Å²) in [7, 11) is 1.27. The number of nitrogens with one attached hydrogen (secondary N) is 2. The van der Waals surface area contributed by atoms with E-state index in [9.17, 15) is 19.8 Å². The topological polar surface area (TPSA) is 121 Å². The van der Waals surface area contributed by atoms with E-state index in [0.29, 0.717) is 16.5 Å². The zero-order chi connectivity index (χ0) is 19.5. The maximum atomic E-state index is 12.0. The summed E-state index contributed by atoms with van der Waals surface area (Å²) in [4.78, 5) is 26.6. The predicted molar refractivity (Wildman–Crippen MR) is 94.8 cm³/mol. The number of aromatic amines is 1. The lowest BCUT2D eigenvalue weighted by Crippen LogP contribution is -2.38. The Balaban J connectivity index is 2.14. The number of fused-ring (bicyclic) bond motifs is 1. The Morgan fingerprint density at radius 1 is 1.27 bits per heavy atom. The first-order chi connectivity index (χ1) is 12.1. The van der Waals surface area contributed by atoms with Gasteiger partial charge in [-0.05, 0) is 44.5 Å². The molecule has 0 radical (unpaired) electrons. The van der Waals surface area contributed by atoms with Gasteiger partial charge in [-0.3, -0.25) is 0 Å². The molecule has 0 saturated carbocycles. The Labute approximate surface area is 151 Å². The lowest BCUT2D eigenvalue weighted by Gasteiger charge is -2.22. The predicted octanol–water partition coefficient (Wildman–Crippen LogP) is 1.87. The summed E-state index contributed by atoms with van der Waals surface area (Å²) < 4.78 is 9.84. The van der Waals surface area contributed by atoms with Crippen LogP contribution in [0.1, 0.15) is 42.8 Å². The van der Waals surface area contributed by atoms with Gasteiger partial charge in [0, 0.05) is 23.6 Å². The van der Waals surface area contributed by atoms with Crippen molar-refractivity contribution in [2.75, 3.05) is 13.7 Å². The highest BCUT2D eigenvalue weighted by molar-refractivity contribution is 6.04. The lowest BCUT2D eigenvalue weighted by molar-refractivity contribution is 0.0129. The lowest BCUT2D eigenvalue weighted by atomic mass is 9.99. The molecule has 2 rings (SSSR count). The standard InChI is InChI=1S/C18H24N2O6/c1-18(2,3)26-17(24)20-9-14(21)15(22)10-7-12(16(23)25-4)11-5-6-19-13(11)8-10/h5-8,14-15,19,21-22H,9H2,1-4H3,(H,20,24). The van der Waals surface area contributed by atoms with E-state index >= 15 is 0 Å². The van der Waals surface area contributed by atoms with Crippen LogP contribution in [0.3, 0.4) is 0 Å². The van der Waals surface area contributed by atoms with Gasteiger partial charge >= 0.3 is 12.1 Å². The summed E-state index contributed by atoms with van der Waals surface area (Å²) in [6.07, 6.45) is -1.64. The number of amides is 1. The molecular weight excluding hydrogens is 340 g/mol. The number of esters is 1. The molecule has 26 heavy (non-hydrogen) atoms. The van der Waals surface area contributed by atoms with E-state index in [-0.39, 0.29) is 12.1 Å².